The summed E-state index contributed by atoms with van der Waals surface area (Å²) in [5, 5.41) is 9.65. The smallest absolute Gasteiger partial charge is 0.224 e. The van der Waals surface area contributed by atoms with Crippen molar-refractivity contribution in [2.75, 3.05) is 11.5 Å². The van der Waals surface area contributed by atoms with Crippen molar-refractivity contribution in [2.24, 2.45) is 5.41 Å². The van der Waals surface area contributed by atoms with Crippen molar-refractivity contribution in [3.63, 3.8) is 0 Å². The summed E-state index contributed by atoms with van der Waals surface area (Å²) in [6, 6.07) is 11.6. The van der Waals surface area contributed by atoms with Gasteiger partial charge in [-0.15, -0.1) is 0 Å². The van der Waals surface area contributed by atoms with Crippen molar-refractivity contribution in [2.45, 2.75) is 44.7 Å². The molecule has 0 aromatic heterocycles. The van der Waals surface area contributed by atoms with Crippen LogP contribution in [-0.2, 0) is 16.1 Å². The Labute approximate surface area is 150 Å². The van der Waals surface area contributed by atoms with Crippen LogP contribution in [0.5, 0.6) is 0 Å². The number of nitrogens with zero attached hydrogens (tertiary/aromatic N) is 2. The fraction of sp³-hybridized carbons (Fsp3) is 0.500. The highest BCUT2D eigenvalue weighted by Gasteiger charge is 2.62. The van der Waals surface area contributed by atoms with Gasteiger partial charge in [-0.3, -0.25) is 9.59 Å². The number of Topliss-reactive ketones (excluding diaryl/α,β-unsaturated/α-hetero) is 1. The summed E-state index contributed by atoms with van der Waals surface area (Å²) in [5.41, 5.74) is 0.835. The summed E-state index contributed by atoms with van der Waals surface area (Å²) in [6.45, 7) is 0.463. The topological polar surface area (TPSA) is 61.2 Å². The second-order valence-electron chi connectivity index (χ2n) is 7.36. The van der Waals surface area contributed by atoms with Crippen LogP contribution in [0.3, 0.4) is 0 Å². The van der Waals surface area contributed by atoms with E-state index in [2.05, 4.69) is 6.07 Å². The second kappa shape index (κ2) is 6.42. The zero-order chi connectivity index (χ0) is 17.4. The van der Waals surface area contributed by atoms with E-state index in [1.54, 1.807) is 4.90 Å². The third-order valence-corrected chi connectivity index (χ3v) is 8.13. The van der Waals surface area contributed by atoms with E-state index < -0.39 is 6.04 Å². The van der Waals surface area contributed by atoms with Crippen molar-refractivity contribution >= 4 is 27.0 Å². The molecule has 1 aliphatic carbocycles. The van der Waals surface area contributed by atoms with Crippen LogP contribution in [-0.4, -0.2) is 39.0 Å². The third kappa shape index (κ3) is 2.93. The minimum absolute atomic E-state index is 0.0618. The molecule has 25 heavy (non-hydrogen) atoms. The molecule has 2 aliphatic heterocycles. The van der Waals surface area contributed by atoms with Crippen LogP contribution >= 0.6 is 10.5 Å². The van der Waals surface area contributed by atoms with Crippen LogP contribution in [0.1, 0.15) is 37.7 Å². The van der Waals surface area contributed by atoms with Gasteiger partial charge >= 0.3 is 0 Å². The molecule has 2 heterocycles. The van der Waals surface area contributed by atoms with Gasteiger partial charge in [-0.2, -0.15) is 15.7 Å². The minimum Gasteiger partial charge on any atom is -0.327 e. The molecule has 130 valence electrons. The molecule has 0 N–H and O–H groups in total. The standard InChI is InChI=1S/C20H22N2O2S/c21-13-16(25-10-4-5-11-25)18(24)19-20(8-9-20)12-17(23)22(19)14-15-6-2-1-3-7-15/h1-3,6-7,19H,4-5,8-12,14H2. The van der Waals surface area contributed by atoms with E-state index in [1.165, 1.54) is 0 Å². The maximum Gasteiger partial charge on any atom is 0.224 e. The number of nitriles is 1. The van der Waals surface area contributed by atoms with E-state index in [0.717, 1.165) is 42.8 Å². The molecule has 1 aromatic carbocycles. The van der Waals surface area contributed by atoms with Crippen molar-refractivity contribution in [1.29, 1.82) is 5.26 Å². The highest BCUT2D eigenvalue weighted by molar-refractivity contribution is 8.17. The Balaban J connectivity index is 1.67. The lowest BCUT2D eigenvalue weighted by molar-refractivity contribution is -0.133. The van der Waals surface area contributed by atoms with E-state index in [4.69, 9.17) is 0 Å². The van der Waals surface area contributed by atoms with Gasteiger partial charge in [0.1, 0.15) is 17.0 Å². The Hall–Kier alpha value is -1.93. The summed E-state index contributed by atoms with van der Waals surface area (Å²) >= 11 is 0. The molecule has 3 fully saturated rings. The first-order valence-corrected chi connectivity index (χ1v) is 10.5. The predicted octanol–water partition coefficient (Wildman–Crippen LogP) is 2.90. The highest BCUT2D eigenvalue weighted by Crippen LogP contribution is 2.58. The van der Waals surface area contributed by atoms with E-state index in [1.807, 2.05) is 30.3 Å². The summed E-state index contributed by atoms with van der Waals surface area (Å²) in [4.78, 5) is 28.2. The number of benzene rings is 1. The molecule has 1 atom stereocenters. The minimum atomic E-state index is -0.428. The molecule has 4 nitrogen and oxygen atoms in total. The molecule has 2 saturated heterocycles. The summed E-state index contributed by atoms with van der Waals surface area (Å²) < 4.78 is 0. The van der Waals surface area contributed by atoms with Gasteiger partial charge in [0.2, 0.25) is 11.7 Å². The van der Waals surface area contributed by atoms with Gasteiger partial charge in [0, 0.05) is 18.4 Å². The monoisotopic (exact) mass is 354 g/mol. The van der Waals surface area contributed by atoms with Crippen molar-refractivity contribution in [3.05, 3.63) is 35.9 Å². The van der Waals surface area contributed by atoms with Crippen LogP contribution in [0.25, 0.3) is 0 Å². The van der Waals surface area contributed by atoms with Gasteiger partial charge in [0.15, 0.2) is 0 Å². The van der Waals surface area contributed by atoms with E-state index in [0.29, 0.717) is 17.8 Å². The molecule has 1 spiro atoms. The largest absolute Gasteiger partial charge is 0.327 e. The molecule has 1 amide bonds. The second-order valence-corrected chi connectivity index (χ2v) is 9.57. The summed E-state index contributed by atoms with van der Waals surface area (Å²) in [7, 11) is -0.201. The number of amides is 1. The van der Waals surface area contributed by atoms with Crippen LogP contribution in [0.2, 0.25) is 0 Å². The average molecular weight is 354 g/mol. The van der Waals surface area contributed by atoms with Gasteiger partial charge in [-0.1, -0.05) is 30.3 Å². The van der Waals surface area contributed by atoms with Gasteiger partial charge in [-0.25, -0.2) is 0 Å². The van der Waals surface area contributed by atoms with Gasteiger partial charge in [0.05, 0.1) is 0 Å². The molecular formula is C20H22N2O2S. The summed E-state index contributed by atoms with van der Waals surface area (Å²) in [5.74, 6) is 1.92. The number of carbonyl (C=O) groups excluding carboxylic acids is 2. The Kier molecular flexibility index (Phi) is 4.24. The van der Waals surface area contributed by atoms with Crippen LogP contribution < -0.4 is 0 Å². The molecular weight excluding hydrogens is 332 g/mol. The number of hydrogen-bond acceptors (Lipinski definition) is 3. The number of ketones is 1. The number of hydrogen-bond donors (Lipinski definition) is 0. The Morgan fingerprint density at radius 2 is 1.92 bits per heavy atom. The van der Waals surface area contributed by atoms with Gasteiger partial charge < -0.3 is 4.90 Å². The van der Waals surface area contributed by atoms with Gasteiger partial charge in [-0.05, 0) is 42.8 Å². The number of likely N-dealkylation sites (tertiary alicyclic amines) is 1. The molecule has 0 bridgehead atoms. The van der Waals surface area contributed by atoms with E-state index in [-0.39, 0.29) is 27.6 Å². The third-order valence-electron chi connectivity index (χ3n) is 5.70. The molecule has 1 aromatic rings. The van der Waals surface area contributed by atoms with Crippen molar-refractivity contribution in [1.82, 2.24) is 4.90 Å². The quantitative estimate of drug-likeness (QED) is 0.781. The molecule has 1 unspecified atom stereocenters. The molecule has 1 saturated carbocycles. The van der Waals surface area contributed by atoms with Crippen LogP contribution in [0.15, 0.2) is 30.3 Å². The zero-order valence-electron chi connectivity index (χ0n) is 14.2. The average Bonchev–Trinajstić information content (AvgIpc) is 3.06. The first-order chi connectivity index (χ1) is 12.1. The fourth-order valence-electron chi connectivity index (χ4n) is 4.21. The Morgan fingerprint density at radius 3 is 2.52 bits per heavy atom. The molecule has 0 radical (unpaired) electrons. The van der Waals surface area contributed by atoms with E-state index in [9.17, 15) is 14.9 Å². The fourth-order valence-corrected chi connectivity index (χ4v) is 6.45. The highest BCUT2D eigenvalue weighted by atomic mass is 32.2. The SMILES string of the molecule is N#CC(C(=O)C1N(Cc2ccccc2)C(=O)CC12CC2)=S1CCCC1. The number of carbonyl (C=O) groups is 2. The maximum absolute atomic E-state index is 13.3. The Bertz CT molecular complexity index is 782. The molecule has 5 heteroatoms. The van der Waals surface area contributed by atoms with E-state index >= 15 is 0 Å². The van der Waals surface area contributed by atoms with Crippen molar-refractivity contribution < 1.29 is 9.59 Å². The van der Waals surface area contributed by atoms with Crippen molar-refractivity contribution in [3.8, 4) is 6.07 Å². The van der Waals surface area contributed by atoms with Crippen LogP contribution in [0.4, 0.5) is 0 Å². The van der Waals surface area contributed by atoms with Gasteiger partial charge in [0.25, 0.3) is 0 Å². The molecule has 3 aliphatic rings. The molecule has 4 rings (SSSR count). The lowest BCUT2D eigenvalue weighted by Crippen LogP contribution is -2.44. The summed E-state index contributed by atoms with van der Waals surface area (Å²) in [6.07, 6.45) is 4.51. The lowest BCUT2D eigenvalue weighted by Gasteiger charge is -2.27. The normalized spacial score (nSPS) is 24.5. The lowest BCUT2D eigenvalue weighted by atomic mass is 9.92. The number of rotatable bonds is 4. The zero-order valence-corrected chi connectivity index (χ0v) is 15.1. The van der Waals surface area contributed by atoms with Crippen LogP contribution in [0, 0.1) is 16.7 Å². The Morgan fingerprint density at radius 1 is 1.24 bits per heavy atom. The maximum atomic E-state index is 13.3. The predicted molar refractivity (Wildman–Crippen MR) is 99.3 cm³/mol. The first kappa shape index (κ1) is 16.5. The first-order valence-electron chi connectivity index (χ1n) is 8.97.